The third-order valence-electron chi connectivity index (χ3n) is 1.87. The van der Waals surface area contributed by atoms with Gasteiger partial charge in [-0.2, -0.15) is 0 Å². The van der Waals surface area contributed by atoms with Gasteiger partial charge in [0.1, 0.15) is 0 Å². The highest BCUT2D eigenvalue weighted by atomic mass is 35.5. The fourth-order valence-corrected chi connectivity index (χ4v) is 1.30. The van der Waals surface area contributed by atoms with Crippen molar-refractivity contribution in [3.8, 4) is 0 Å². The number of halogens is 1. The molecule has 2 aromatic rings. The Morgan fingerprint density at radius 3 is 2.60 bits per heavy atom. The number of rotatable bonds is 2. The number of nitrogens with zero attached hydrogens (tertiary/aromatic N) is 2. The molecular weight excluding hydrogens is 212 g/mol. The normalized spacial score (nSPS) is 9.93. The maximum atomic E-state index is 5.85. The van der Waals surface area contributed by atoms with E-state index in [0.717, 1.165) is 5.69 Å². The molecule has 0 atom stereocenters. The zero-order chi connectivity index (χ0) is 10.7. The van der Waals surface area contributed by atoms with Gasteiger partial charge in [0.2, 0.25) is 0 Å². The Morgan fingerprint density at radius 2 is 1.87 bits per heavy atom. The summed E-state index contributed by atoms with van der Waals surface area (Å²) in [5, 5.41) is 3.33. The number of para-hydroxylation sites is 2. The van der Waals surface area contributed by atoms with Crippen LogP contribution in [0, 0.1) is 0 Å². The van der Waals surface area contributed by atoms with E-state index in [1.54, 1.807) is 12.3 Å². The molecule has 15 heavy (non-hydrogen) atoms. The number of anilines is 3. The van der Waals surface area contributed by atoms with Gasteiger partial charge in [-0.3, -0.25) is 0 Å². The predicted molar refractivity (Wildman–Crippen MR) is 61.2 cm³/mol. The van der Waals surface area contributed by atoms with Gasteiger partial charge < -0.3 is 11.1 Å². The van der Waals surface area contributed by atoms with Crippen LogP contribution in [0.5, 0.6) is 0 Å². The van der Waals surface area contributed by atoms with Gasteiger partial charge in [0.25, 0.3) is 0 Å². The summed E-state index contributed by atoms with van der Waals surface area (Å²) in [4.78, 5) is 7.96. The van der Waals surface area contributed by atoms with Crippen LogP contribution >= 0.6 is 11.6 Å². The molecule has 0 saturated heterocycles. The van der Waals surface area contributed by atoms with Gasteiger partial charge in [0.05, 0.1) is 11.4 Å². The molecule has 0 spiro atoms. The summed E-state index contributed by atoms with van der Waals surface area (Å²) in [6.45, 7) is 0. The first kappa shape index (κ1) is 9.73. The van der Waals surface area contributed by atoms with Crippen molar-refractivity contribution < 1.29 is 0 Å². The van der Waals surface area contributed by atoms with Gasteiger partial charge in [0, 0.05) is 12.4 Å². The quantitative estimate of drug-likeness (QED) is 0.764. The molecule has 0 bridgehead atoms. The largest absolute Gasteiger partial charge is 0.397 e. The summed E-state index contributed by atoms with van der Waals surface area (Å²) in [5.41, 5.74) is 7.17. The fourth-order valence-electron chi connectivity index (χ4n) is 1.14. The lowest BCUT2D eigenvalue weighted by molar-refractivity contribution is 1.20. The van der Waals surface area contributed by atoms with Crippen LogP contribution in [0.4, 0.5) is 17.2 Å². The summed E-state index contributed by atoms with van der Waals surface area (Å²) in [7, 11) is 0. The molecule has 3 N–H and O–H groups in total. The highest BCUT2D eigenvalue weighted by Gasteiger charge is 2.03. The summed E-state index contributed by atoms with van der Waals surface area (Å²) in [6, 6.07) is 7.38. The van der Waals surface area contributed by atoms with E-state index >= 15 is 0 Å². The first-order valence-corrected chi connectivity index (χ1v) is 4.73. The highest BCUT2D eigenvalue weighted by molar-refractivity contribution is 6.31. The van der Waals surface area contributed by atoms with Crippen LogP contribution in [0.3, 0.4) is 0 Å². The summed E-state index contributed by atoms with van der Waals surface area (Å²) in [6.07, 6.45) is 3.09. The van der Waals surface area contributed by atoms with Gasteiger partial charge in [-0.05, 0) is 12.1 Å². The van der Waals surface area contributed by atoms with Crippen molar-refractivity contribution in [1.82, 2.24) is 9.97 Å². The lowest BCUT2D eigenvalue weighted by Crippen LogP contribution is -1.98. The maximum absolute atomic E-state index is 5.85. The minimum absolute atomic E-state index is 0.320. The van der Waals surface area contributed by atoms with E-state index in [4.69, 9.17) is 17.3 Å². The van der Waals surface area contributed by atoms with E-state index in [0.29, 0.717) is 16.7 Å². The molecule has 1 aromatic carbocycles. The monoisotopic (exact) mass is 220 g/mol. The van der Waals surface area contributed by atoms with Crippen molar-refractivity contribution >= 4 is 28.8 Å². The van der Waals surface area contributed by atoms with Crippen LogP contribution < -0.4 is 11.1 Å². The van der Waals surface area contributed by atoms with Crippen LogP contribution in [-0.2, 0) is 0 Å². The molecule has 0 amide bonds. The maximum Gasteiger partial charge on any atom is 0.171 e. The second kappa shape index (κ2) is 4.14. The Bertz CT molecular complexity index is 429. The summed E-state index contributed by atoms with van der Waals surface area (Å²) >= 11 is 5.85. The minimum Gasteiger partial charge on any atom is -0.397 e. The first-order chi connectivity index (χ1) is 7.27. The molecule has 4 nitrogen and oxygen atoms in total. The zero-order valence-corrected chi connectivity index (χ0v) is 8.57. The number of nitrogens with two attached hydrogens (primary N) is 1. The van der Waals surface area contributed by atoms with Crippen molar-refractivity contribution in [1.29, 1.82) is 0 Å². The van der Waals surface area contributed by atoms with Crippen LogP contribution in [0.2, 0.25) is 5.15 Å². The second-order valence-electron chi connectivity index (χ2n) is 2.91. The van der Waals surface area contributed by atoms with Gasteiger partial charge in [-0.25, -0.2) is 9.97 Å². The van der Waals surface area contributed by atoms with E-state index < -0.39 is 0 Å². The Hall–Kier alpha value is -1.81. The second-order valence-corrected chi connectivity index (χ2v) is 3.27. The Morgan fingerprint density at radius 1 is 1.13 bits per heavy atom. The molecule has 0 aliphatic carbocycles. The van der Waals surface area contributed by atoms with Crippen LogP contribution in [0.15, 0.2) is 36.7 Å². The van der Waals surface area contributed by atoms with Crippen LogP contribution in [0.25, 0.3) is 0 Å². The minimum atomic E-state index is 0.320. The van der Waals surface area contributed by atoms with E-state index in [1.165, 1.54) is 6.20 Å². The summed E-state index contributed by atoms with van der Waals surface area (Å²) < 4.78 is 0. The van der Waals surface area contributed by atoms with Crippen LogP contribution in [-0.4, -0.2) is 9.97 Å². The predicted octanol–water partition coefficient (Wildman–Crippen LogP) is 2.46. The first-order valence-electron chi connectivity index (χ1n) is 4.35. The Balaban J connectivity index is 2.30. The zero-order valence-electron chi connectivity index (χ0n) is 7.81. The molecular formula is C10H9ClN4. The molecule has 5 heteroatoms. The number of aromatic nitrogens is 2. The van der Waals surface area contributed by atoms with Crippen molar-refractivity contribution in [2.24, 2.45) is 0 Å². The molecule has 1 aromatic heterocycles. The Labute approximate surface area is 92.1 Å². The molecule has 0 aliphatic heterocycles. The highest BCUT2D eigenvalue weighted by Crippen LogP contribution is 2.24. The van der Waals surface area contributed by atoms with E-state index in [-0.39, 0.29) is 0 Å². The van der Waals surface area contributed by atoms with Crippen molar-refractivity contribution in [2.75, 3.05) is 11.1 Å². The van der Waals surface area contributed by atoms with E-state index in [1.807, 2.05) is 18.2 Å². The number of nitrogen functional groups attached to an aromatic ring is 1. The van der Waals surface area contributed by atoms with Crippen molar-refractivity contribution in [3.63, 3.8) is 0 Å². The number of hydrogen-bond donors (Lipinski definition) is 2. The average Bonchev–Trinajstić information content (AvgIpc) is 2.24. The van der Waals surface area contributed by atoms with Crippen molar-refractivity contribution in [2.45, 2.75) is 0 Å². The third-order valence-corrected chi connectivity index (χ3v) is 2.14. The van der Waals surface area contributed by atoms with Gasteiger partial charge in [-0.1, -0.05) is 23.7 Å². The molecule has 0 aliphatic rings. The molecule has 0 saturated carbocycles. The topological polar surface area (TPSA) is 63.8 Å². The lowest BCUT2D eigenvalue weighted by Gasteiger charge is -2.08. The standard InChI is InChI=1S/C10H9ClN4/c11-9-10(14-6-5-13-9)15-8-4-2-1-3-7(8)12/h1-6H,12H2,(H,14,15). The molecule has 0 fully saturated rings. The Kier molecular flexibility index (Phi) is 2.69. The molecule has 1 heterocycles. The molecule has 0 unspecified atom stereocenters. The summed E-state index contributed by atoms with van der Waals surface area (Å²) in [5.74, 6) is 0.497. The molecule has 76 valence electrons. The van der Waals surface area contributed by atoms with Gasteiger partial charge >= 0.3 is 0 Å². The fraction of sp³-hybridized carbons (Fsp3) is 0. The van der Waals surface area contributed by atoms with E-state index in [9.17, 15) is 0 Å². The molecule has 2 rings (SSSR count). The number of hydrogen-bond acceptors (Lipinski definition) is 4. The van der Waals surface area contributed by atoms with Gasteiger partial charge in [0.15, 0.2) is 11.0 Å². The van der Waals surface area contributed by atoms with E-state index in [2.05, 4.69) is 15.3 Å². The number of nitrogens with one attached hydrogen (secondary N) is 1. The number of benzene rings is 1. The molecule has 0 radical (unpaired) electrons. The average molecular weight is 221 g/mol. The smallest absolute Gasteiger partial charge is 0.171 e. The lowest BCUT2D eigenvalue weighted by atomic mass is 10.3. The SMILES string of the molecule is Nc1ccccc1Nc1nccnc1Cl. The van der Waals surface area contributed by atoms with Crippen molar-refractivity contribution in [3.05, 3.63) is 41.8 Å². The van der Waals surface area contributed by atoms with Crippen LogP contribution in [0.1, 0.15) is 0 Å². The van der Waals surface area contributed by atoms with Gasteiger partial charge in [-0.15, -0.1) is 0 Å². The third kappa shape index (κ3) is 2.16.